The fourth-order valence-electron chi connectivity index (χ4n) is 3.23. The molecule has 0 atom stereocenters. The van der Waals surface area contributed by atoms with Gasteiger partial charge in [-0.3, -0.25) is 4.79 Å². The third-order valence-corrected chi connectivity index (χ3v) is 4.50. The Hall–Kier alpha value is -3.21. The molecule has 26 heavy (non-hydrogen) atoms. The first-order valence-corrected chi connectivity index (χ1v) is 8.83. The van der Waals surface area contributed by atoms with Crippen molar-refractivity contribution in [3.05, 3.63) is 66.0 Å². The van der Waals surface area contributed by atoms with Crippen molar-refractivity contribution in [1.82, 2.24) is 15.3 Å². The molecule has 0 spiro atoms. The molecular formula is C21H21N3O2. The van der Waals surface area contributed by atoms with Crippen LogP contribution in [0, 0.1) is 0 Å². The average Bonchev–Trinajstić information content (AvgIpc) is 3.26. The Morgan fingerprint density at radius 2 is 2.00 bits per heavy atom. The summed E-state index contributed by atoms with van der Waals surface area (Å²) in [5.74, 6) is 0.701. The van der Waals surface area contributed by atoms with E-state index in [9.17, 15) is 4.79 Å². The van der Waals surface area contributed by atoms with Crippen molar-refractivity contribution in [3.63, 3.8) is 0 Å². The number of aromatic nitrogens is 2. The molecule has 0 bridgehead atoms. The first kappa shape index (κ1) is 16.3. The minimum atomic E-state index is -0.0981. The summed E-state index contributed by atoms with van der Waals surface area (Å²) >= 11 is 0. The van der Waals surface area contributed by atoms with Crippen LogP contribution in [0.15, 0.2) is 54.7 Å². The van der Waals surface area contributed by atoms with Crippen LogP contribution in [0.2, 0.25) is 0 Å². The number of fused-ring (bicyclic) bond motifs is 2. The van der Waals surface area contributed by atoms with Crippen LogP contribution in [-0.2, 0) is 6.42 Å². The van der Waals surface area contributed by atoms with Crippen LogP contribution in [0.5, 0.6) is 5.75 Å². The van der Waals surface area contributed by atoms with Gasteiger partial charge in [-0.05, 0) is 43.2 Å². The lowest BCUT2D eigenvalue weighted by atomic mass is 10.1. The predicted molar refractivity (Wildman–Crippen MR) is 104 cm³/mol. The molecule has 5 heteroatoms. The van der Waals surface area contributed by atoms with Crippen LogP contribution < -0.4 is 10.1 Å². The van der Waals surface area contributed by atoms with E-state index in [0.717, 1.165) is 28.6 Å². The number of ether oxygens (including phenoxy) is 1. The van der Waals surface area contributed by atoms with Gasteiger partial charge < -0.3 is 20.0 Å². The van der Waals surface area contributed by atoms with E-state index in [4.69, 9.17) is 4.74 Å². The van der Waals surface area contributed by atoms with Gasteiger partial charge in [-0.1, -0.05) is 18.2 Å². The highest BCUT2D eigenvalue weighted by atomic mass is 16.5. The normalized spacial score (nSPS) is 11.1. The highest BCUT2D eigenvalue weighted by molar-refractivity contribution is 5.98. The highest BCUT2D eigenvalue weighted by Crippen LogP contribution is 2.22. The second-order valence-corrected chi connectivity index (χ2v) is 6.23. The van der Waals surface area contributed by atoms with Crippen LogP contribution in [-0.4, -0.2) is 29.0 Å². The van der Waals surface area contributed by atoms with E-state index < -0.39 is 0 Å². The van der Waals surface area contributed by atoms with Gasteiger partial charge in [0.05, 0.1) is 6.61 Å². The molecule has 0 fully saturated rings. The molecule has 0 aliphatic heterocycles. The third-order valence-electron chi connectivity index (χ3n) is 4.50. The second kappa shape index (κ2) is 6.96. The van der Waals surface area contributed by atoms with Crippen molar-refractivity contribution in [1.29, 1.82) is 0 Å². The zero-order valence-electron chi connectivity index (χ0n) is 14.6. The number of benzene rings is 2. The monoisotopic (exact) mass is 347 g/mol. The summed E-state index contributed by atoms with van der Waals surface area (Å²) in [6, 6.07) is 15.8. The van der Waals surface area contributed by atoms with Crippen LogP contribution >= 0.6 is 0 Å². The molecule has 0 radical (unpaired) electrons. The average molecular weight is 347 g/mol. The Balaban J connectivity index is 1.42. The van der Waals surface area contributed by atoms with Gasteiger partial charge in [-0.15, -0.1) is 0 Å². The lowest BCUT2D eigenvalue weighted by Crippen LogP contribution is -2.25. The first-order chi connectivity index (χ1) is 12.7. The molecule has 2 heterocycles. The molecule has 4 aromatic rings. The zero-order valence-corrected chi connectivity index (χ0v) is 14.6. The summed E-state index contributed by atoms with van der Waals surface area (Å²) in [6.07, 6.45) is 2.79. The second-order valence-electron chi connectivity index (χ2n) is 6.23. The predicted octanol–water partition coefficient (Wildman–Crippen LogP) is 4.02. The van der Waals surface area contributed by atoms with E-state index in [1.54, 1.807) is 0 Å². The van der Waals surface area contributed by atoms with Crippen LogP contribution in [0.3, 0.4) is 0 Å². The molecule has 0 unspecified atom stereocenters. The smallest absolute Gasteiger partial charge is 0.267 e. The third kappa shape index (κ3) is 3.16. The number of carbonyl (C=O) groups excluding carboxylic acids is 1. The molecule has 1 amide bonds. The van der Waals surface area contributed by atoms with Gasteiger partial charge in [0.2, 0.25) is 0 Å². The fourth-order valence-corrected chi connectivity index (χ4v) is 3.23. The number of carbonyl (C=O) groups is 1. The van der Waals surface area contributed by atoms with E-state index >= 15 is 0 Å². The zero-order chi connectivity index (χ0) is 17.9. The summed E-state index contributed by atoms with van der Waals surface area (Å²) < 4.78 is 5.50. The number of H-pyrrole nitrogens is 2. The number of hydrogen-bond acceptors (Lipinski definition) is 2. The lowest BCUT2D eigenvalue weighted by Gasteiger charge is -2.03. The summed E-state index contributed by atoms with van der Waals surface area (Å²) in [7, 11) is 0. The Morgan fingerprint density at radius 1 is 1.12 bits per heavy atom. The molecule has 3 N–H and O–H groups in total. The maximum atomic E-state index is 12.4. The molecule has 4 rings (SSSR count). The number of para-hydroxylation sites is 1. The molecule has 2 aromatic carbocycles. The number of aromatic amines is 2. The summed E-state index contributed by atoms with van der Waals surface area (Å²) in [5, 5.41) is 5.19. The van der Waals surface area contributed by atoms with Crippen LogP contribution in [0.1, 0.15) is 23.0 Å². The van der Waals surface area contributed by atoms with Crippen molar-refractivity contribution >= 4 is 27.7 Å². The van der Waals surface area contributed by atoms with Gasteiger partial charge >= 0.3 is 0 Å². The topological polar surface area (TPSA) is 69.9 Å². The van der Waals surface area contributed by atoms with Crippen LogP contribution in [0.4, 0.5) is 0 Å². The molecule has 2 aromatic heterocycles. The molecule has 5 nitrogen and oxygen atoms in total. The number of amides is 1. The van der Waals surface area contributed by atoms with Crippen molar-refractivity contribution in [2.24, 2.45) is 0 Å². The SMILES string of the molecule is CCOc1ccc2cc(C(=O)NCCc3c[nH]c4ccccc34)[nH]c2c1. The van der Waals surface area contributed by atoms with E-state index in [-0.39, 0.29) is 5.91 Å². The Labute approximate surface area is 151 Å². The van der Waals surface area contributed by atoms with Crippen molar-refractivity contribution in [3.8, 4) is 5.75 Å². The molecule has 0 saturated heterocycles. The van der Waals surface area contributed by atoms with Crippen molar-refractivity contribution in [2.75, 3.05) is 13.2 Å². The standard InChI is InChI=1S/C21H21N3O2/c1-2-26-16-8-7-14-11-20(24-19(14)12-16)21(25)22-10-9-15-13-23-18-6-4-3-5-17(15)18/h3-8,11-13,23-24H,2,9-10H2,1H3,(H,22,25). The molecule has 0 aliphatic carbocycles. The van der Waals surface area contributed by atoms with Gasteiger partial charge in [0, 0.05) is 40.6 Å². The minimum Gasteiger partial charge on any atom is -0.494 e. The fraction of sp³-hybridized carbons (Fsp3) is 0.190. The van der Waals surface area contributed by atoms with E-state index in [2.05, 4.69) is 27.4 Å². The van der Waals surface area contributed by atoms with Crippen LogP contribution in [0.25, 0.3) is 21.8 Å². The van der Waals surface area contributed by atoms with E-state index in [0.29, 0.717) is 18.8 Å². The molecular weight excluding hydrogens is 326 g/mol. The summed E-state index contributed by atoms with van der Waals surface area (Å²) in [6.45, 7) is 3.15. The number of nitrogens with one attached hydrogen (secondary N) is 3. The van der Waals surface area contributed by atoms with Gasteiger partial charge in [-0.2, -0.15) is 0 Å². The Kier molecular flexibility index (Phi) is 4.35. The van der Waals surface area contributed by atoms with Gasteiger partial charge in [-0.25, -0.2) is 0 Å². The van der Waals surface area contributed by atoms with Gasteiger partial charge in [0.25, 0.3) is 5.91 Å². The first-order valence-electron chi connectivity index (χ1n) is 8.83. The van der Waals surface area contributed by atoms with E-state index in [1.165, 1.54) is 10.9 Å². The summed E-state index contributed by atoms with van der Waals surface area (Å²) in [5.41, 5.74) is 3.79. The maximum Gasteiger partial charge on any atom is 0.267 e. The van der Waals surface area contributed by atoms with Crippen molar-refractivity contribution < 1.29 is 9.53 Å². The lowest BCUT2D eigenvalue weighted by molar-refractivity contribution is 0.0950. The number of rotatable bonds is 6. The van der Waals surface area contributed by atoms with Crippen molar-refractivity contribution in [2.45, 2.75) is 13.3 Å². The molecule has 0 saturated carbocycles. The van der Waals surface area contributed by atoms with Gasteiger partial charge in [0.1, 0.15) is 11.4 Å². The van der Waals surface area contributed by atoms with Gasteiger partial charge in [0.15, 0.2) is 0 Å². The molecule has 132 valence electrons. The highest BCUT2D eigenvalue weighted by Gasteiger charge is 2.10. The Morgan fingerprint density at radius 3 is 2.88 bits per heavy atom. The Bertz CT molecular complexity index is 1060. The summed E-state index contributed by atoms with van der Waals surface area (Å²) in [4.78, 5) is 18.9. The maximum absolute atomic E-state index is 12.4. The number of hydrogen-bond donors (Lipinski definition) is 3. The largest absolute Gasteiger partial charge is 0.494 e. The van der Waals surface area contributed by atoms with E-state index in [1.807, 2.05) is 49.5 Å². The molecule has 0 aliphatic rings. The quantitative estimate of drug-likeness (QED) is 0.493. The minimum absolute atomic E-state index is 0.0981.